The van der Waals surface area contributed by atoms with Crippen LogP contribution in [0.4, 0.5) is 0 Å². The second-order valence-electron chi connectivity index (χ2n) is 3.26. The van der Waals surface area contributed by atoms with Crippen LogP contribution in [0.5, 0.6) is 0 Å². The number of hydrogen-bond donors (Lipinski definition) is 1. The molecule has 6 heteroatoms. The van der Waals surface area contributed by atoms with E-state index in [2.05, 4.69) is 10.2 Å². The lowest BCUT2D eigenvalue weighted by molar-refractivity contribution is 0.276. The predicted octanol–water partition coefficient (Wildman–Crippen LogP) is 1.06. The summed E-state index contributed by atoms with van der Waals surface area (Å²) < 4.78 is 3.25. The Labute approximate surface area is 91.9 Å². The number of aliphatic hydroxyl groups is 1. The molecular weight excluding hydrogens is 216 g/mol. The first kappa shape index (κ1) is 10.2. The van der Waals surface area contributed by atoms with Crippen molar-refractivity contribution >= 4 is 11.6 Å². The summed E-state index contributed by atoms with van der Waals surface area (Å²) in [5, 5.41) is 17.8. The molecule has 0 aliphatic heterocycles. The van der Waals surface area contributed by atoms with Gasteiger partial charge in [0.2, 0.25) is 0 Å². The summed E-state index contributed by atoms with van der Waals surface area (Å²) in [5.41, 5.74) is 1.47. The van der Waals surface area contributed by atoms with Crippen molar-refractivity contribution in [3.05, 3.63) is 28.7 Å². The van der Waals surface area contributed by atoms with E-state index >= 15 is 0 Å². The summed E-state index contributed by atoms with van der Waals surface area (Å²) in [7, 11) is 1.82. The maximum absolute atomic E-state index is 8.89. The van der Waals surface area contributed by atoms with Gasteiger partial charge in [0.25, 0.3) is 0 Å². The van der Waals surface area contributed by atoms with E-state index in [0.29, 0.717) is 16.5 Å². The molecule has 0 atom stereocenters. The molecule has 2 aromatic rings. The van der Waals surface area contributed by atoms with Crippen molar-refractivity contribution < 1.29 is 5.11 Å². The zero-order valence-corrected chi connectivity index (χ0v) is 9.23. The normalized spacial score (nSPS) is 10.9. The minimum Gasteiger partial charge on any atom is -0.390 e. The van der Waals surface area contributed by atoms with Crippen LogP contribution in [0.2, 0.25) is 5.02 Å². The molecule has 0 spiro atoms. The zero-order valence-electron chi connectivity index (χ0n) is 8.48. The molecule has 0 bridgehead atoms. The van der Waals surface area contributed by atoms with Gasteiger partial charge in [-0.3, -0.25) is 4.68 Å². The lowest BCUT2D eigenvalue weighted by Gasteiger charge is -1.95. The third-order valence-corrected chi connectivity index (χ3v) is 2.71. The Hall–Kier alpha value is -1.33. The van der Waals surface area contributed by atoms with E-state index in [1.807, 2.05) is 14.0 Å². The van der Waals surface area contributed by atoms with Gasteiger partial charge < -0.3 is 5.11 Å². The summed E-state index contributed by atoms with van der Waals surface area (Å²) in [5.74, 6) is 0.580. The van der Waals surface area contributed by atoms with Crippen molar-refractivity contribution in [2.45, 2.75) is 13.5 Å². The van der Waals surface area contributed by atoms with Gasteiger partial charge in [-0.25, -0.2) is 4.68 Å². The van der Waals surface area contributed by atoms with E-state index in [-0.39, 0.29) is 6.61 Å². The summed E-state index contributed by atoms with van der Waals surface area (Å²) in [6.45, 7) is 1.80. The third-order valence-electron chi connectivity index (χ3n) is 2.27. The molecule has 1 N–H and O–H groups in total. The van der Waals surface area contributed by atoms with E-state index in [4.69, 9.17) is 16.7 Å². The van der Waals surface area contributed by atoms with Crippen LogP contribution in [-0.2, 0) is 13.7 Å². The summed E-state index contributed by atoms with van der Waals surface area (Å²) in [4.78, 5) is 0. The highest BCUT2D eigenvalue weighted by Gasteiger charge is 2.13. The minimum atomic E-state index is -0.0869. The SMILES string of the molecule is Cc1c(Cl)c(-n2ccc(CO)n2)nn1C. The average Bonchev–Trinajstić information content (AvgIpc) is 2.79. The molecule has 0 amide bonds. The van der Waals surface area contributed by atoms with Crippen molar-refractivity contribution in [3.63, 3.8) is 0 Å². The van der Waals surface area contributed by atoms with E-state index in [9.17, 15) is 0 Å². The molecule has 2 rings (SSSR count). The lowest BCUT2D eigenvalue weighted by Crippen LogP contribution is -1.99. The van der Waals surface area contributed by atoms with Crippen LogP contribution in [0.1, 0.15) is 11.4 Å². The molecule has 0 fully saturated rings. The fourth-order valence-corrected chi connectivity index (χ4v) is 1.52. The van der Waals surface area contributed by atoms with E-state index in [1.54, 1.807) is 21.6 Å². The topological polar surface area (TPSA) is 55.9 Å². The van der Waals surface area contributed by atoms with Crippen LogP contribution >= 0.6 is 11.6 Å². The van der Waals surface area contributed by atoms with E-state index < -0.39 is 0 Å². The highest BCUT2D eigenvalue weighted by Crippen LogP contribution is 2.22. The smallest absolute Gasteiger partial charge is 0.194 e. The Morgan fingerprint density at radius 1 is 1.47 bits per heavy atom. The second kappa shape index (κ2) is 3.67. The molecule has 0 saturated carbocycles. The molecule has 2 heterocycles. The molecule has 15 heavy (non-hydrogen) atoms. The summed E-state index contributed by atoms with van der Waals surface area (Å²) in [6.07, 6.45) is 1.72. The van der Waals surface area contributed by atoms with Crippen LogP contribution in [-0.4, -0.2) is 24.7 Å². The predicted molar refractivity (Wildman–Crippen MR) is 56.0 cm³/mol. The Bertz CT molecular complexity index is 488. The third kappa shape index (κ3) is 1.64. The molecule has 0 unspecified atom stereocenters. The van der Waals surface area contributed by atoms with Gasteiger partial charge in [-0.1, -0.05) is 11.6 Å². The van der Waals surface area contributed by atoms with Gasteiger partial charge in [0.1, 0.15) is 5.02 Å². The fourth-order valence-electron chi connectivity index (χ4n) is 1.28. The number of aryl methyl sites for hydroxylation is 1. The number of halogens is 1. The lowest BCUT2D eigenvalue weighted by atomic mass is 10.4. The largest absolute Gasteiger partial charge is 0.390 e. The first-order chi connectivity index (χ1) is 7.13. The summed E-state index contributed by atoms with van der Waals surface area (Å²) >= 11 is 6.09. The maximum Gasteiger partial charge on any atom is 0.194 e. The maximum atomic E-state index is 8.89. The first-order valence-corrected chi connectivity index (χ1v) is 4.86. The fraction of sp³-hybridized carbons (Fsp3) is 0.333. The van der Waals surface area contributed by atoms with Gasteiger partial charge in [-0.15, -0.1) is 0 Å². The van der Waals surface area contributed by atoms with Crippen molar-refractivity contribution in [2.75, 3.05) is 0 Å². The van der Waals surface area contributed by atoms with Gasteiger partial charge in [-0.05, 0) is 13.0 Å². The Morgan fingerprint density at radius 3 is 2.67 bits per heavy atom. The molecule has 5 nitrogen and oxygen atoms in total. The Balaban J connectivity index is 2.49. The van der Waals surface area contributed by atoms with E-state index in [1.165, 1.54) is 0 Å². The molecule has 0 saturated heterocycles. The number of nitrogens with zero attached hydrogens (tertiary/aromatic N) is 4. The number of aliphatic hydroxyl groups excluding tert-OH is 1. The molecule has 0 radical (unpaired) electrons. The van der Waals surface area contributed by atoms with Crippen LogP contribution in [0, 0.1) is 6.92 Å². The molecule has 2 aromatic heterocycles. The zero-order chi connectivity index (χ0) is 11.0. The van der Waals surface area contributed by atoms with Gasteiger partial charge in [-0.2, -0.15) is 10.2 Å². The van der Waals surface area contributed by atoms with Crippen molar-refractivity contribution in [2.24, 2.45) is 7.05 Å². The van der Waals surface area contributed by atoms with Gasteiger partial charge in [0.15, 0.2) is 5.82 Å². The Kier molecular flexibility index (Phi) is 2.50. The van der Waals surface area contributed by atoms with Gasteiger partial charge >= 0.3 is 0 Å². The second-order valence-corrected chi connectivity index (χ2v) is 3.63. The number of hydrogen-bond acceptors (Lipinski definition) is 3. The molecular formula is C9H11ClN4O. The van der Waals surface area contributed by atoms with Crippen molar-refractivity contribution in [3.8, 4) is 5.82 Å². The summed E-state index contributed by atoms with van der Waals surface area (Å²) in [6, 6.07) is 1.72. The average molecular weight is 227 g/mol. The highest BCUT2D eigenvalue weighted by molar-refractivity contribution is 6.32. The molecule has 0 aromatic carbocycles. The highest BCUT2D eigenvalue weighted by atomic mass is 35.5. The first-order valence-electron chi connectivity index (χ1n) is 4.48. The number of aromatic nitrogens is 4. The molecule has 80 valence electrons. The number of rotatable bonds is 2. The monoisotopic (exact) mass is 226 g/mol. The molecule has 0 aliphatic carbocycles. The van der Waals surface area contributed by atoms with Crippen LogP contribution in [0.15, 0.2) is 12.3 Å². The van der Waals surface area contributed by atoms with Crippen molar-refractivity contribution in [1.82, 2.24) is 19.6 Å². The van der Waals surface area contributed by atoms with Crippen LogP contribution < -0.4 is 0 Å². The van der Waals surface area contributed by atoms with E-state index in [0.717, 1.165) is 5.69 Å². The van der Waals surface area contributed by atoms with Gasteiger partial charge in [0, 0.05) is 13.2 Å². The molecule has 0 aliphatic rings. The van der Waals surface area contributed by atoms with Gasteiger partial charge in [0.05, 0.1) is 18.0 Å². The quantitative estimate of drug-likeness (QED) is 0.833. The van der Waals surface area contributed by atoms with Crippen molar-refractivity contribution in [1.29, 1.82) is 0 Å². The standard InChI is InChI=1S/C9H11ClN4O/c1-6-8(10)9(12-13(6)2)14-4-3-7(5-15)11-14/h3-4,15H,5H2,1-2H3. The Morgan fingerprint density at radius 2 is 2.20 bits per heavy atom. The van der Waals surface area contributed by atoms with Crippen LogP contribution in [0.3, 0.4) is 0 Å². The minimum absolute atomic E-state index is 0.0869. The van der Waals surface area contributed by atoms with Crippen LogP contribution in [0.25, 0.3) is 5.82 Å².